The van der Waals surface area contributed by atoms with E-state index in [1.54, 1.807) is 6.07 Å². The Morgan fingerprint density at radius 1 is 1.22 bits per heavy atom. The van der Waals surface area contributed by atoms with Crippen LogP contribution < -0.4 is 4.72 Å². The van der Waals surface area contributed by atoms with Gasteiger partial charge in [0.25, 0.3) is 0 Å². The molecule has 1 atom stereocenters. The summed E-state index contributed by atoms with van der Waals surface area (Å²) in [7, 11) is -6.31. The minimum absolute atomic E-state index is 0.0725. The molecule has 6 nitrogen and oxygen atoms in total. The Kier molecular flexibility index (Phi) is 4.85. The van der Waals surface area contributed by atoms with E-state index in [0.29, 0.717) is 10.6 Å². The van der Waals surface area contributed by atoms with Crippen LogP contribution in [0.1, 0.15) is 24.1 Å². The number of nitrogens with zero attached hydrogens (tertiary/aromatic N) is 1. The highest BCUT2D eigenvalue weighted by atomic mass is 32.2. The van der Waals surface area contributed by atoms with Gasteiger partial charge in [-0.2, -0.15) is 0 Å². The van der Waals surface area contributed by atoms with Crippen molar-refractivity contribution in [2.24, 2.45) is 0 Å². The van der Waals surface area contributed by atoms with Crippen molar-refractivity contribution < 1.29 is 16.8 Å². The van der Waals surface area contributed by atoms with E-state index in [1.807, 2.05) is 13.0 Å². The van der Waals surface area contributed by atoms with Crippen LogP contribution in [0.4, 0.5) is 0 Å². The zero-order chi connectivity index (χ0) is 16.7. The standard InChI is InChI=1S/C14H22N2O4S3/c1-11-2-3-14(21-11)23(19,20)15-12-4-7-16(8-5-12)13-6-9-22(17,18)10-13/h2-3,12-13,15H,4-10H2,1H3/t13-/m0/s1. The predicted octanol–water partition coefficient (Wildman–Crippen LogP) is 0.986. The average molecular weight is 379 g/mol. The van der Waals surface area contributed by atoms with Crippen molar-refractivity contribution in [3.8, 4) is 0 Å². The van der Waals surface area contributed by atoms with Gasteiger partial charge in [0.05, 0.1) is 11.5 Å². The summed E-state index contributed by atoms with van der Waals surface area (Å²) >= 11 is 1.28. The molecule has 0 unspecified atom stereocenters. The zero-order valence-corrected chi connectivity index (χ0v) is 15.5. The van der Waals surface area contributed by atoms with Crippen LogP contribution in [0.15, 0.2) is 16.3 Å². The van der Waals surface area contributed by atoms with Crippen LogP contribution in [-0.2, 0) is 19.9 Å². The van der Waals surface area contributed by atoms with Crippen LogP contribution in [-0.4, -0.2) is 58.4 Å². The Morgan fingerprint density at radius 2 is 1.91 bits per heavy atom. The molecule has 9 heteroatoms. The Labute approximate surface area is 141 Å². The second kappa shape index (κ2) is 6.44. The fourth-order valence-electron chi connectivity index (χ4n) is 3.28. The molecule has 1 aromatic heterocycles. The van der Waals surface area contributed by atoms with Gasteiger partial charge in [-0.25, -0.2) is 21.6 Å². The molecule has 1 aromatic rings. The molecule has 130 valence electrons. The molecule has 23 heavy (non-hydrogen) atoms. The number of hydrogen-bond acceptors (Lipinski definition) is 6. The van der Waals surface area contributed by atoms with Crippen LogP contribution in [0.5, 0.6) is 0 Å². The molecule has 1 N–H and O–H groups in total. The number of thiophene rings is 1. The second-order valence-corrected chi connectivity index (χ2v) is 11.8. The summed E-state index contributed by atoms with van der Waals surface area (Å²) < 4.78 is 51.0. The zero-order valence-electron chi connectivity index (χ0n) is 13.1. The van der Waals surface area contributed by atoms with Gasteiger partial charge in [-0.3, -0.25) is 4.90 Å². The van der Waals surface area contributed by atoms with E-state index >= 15 is 0 Å². The third-order valence-corrected chi connectivity index (χ3v) is 9.32. The van der Waals surface area contributed by atoms with Crippen molar-refractivity contribution in [2.75, 3.05) is 24.6 Å². The first kappa shape index (κ1) is 17.3. The van der Waals surface area contributed by atoms with Gasteiger partial charge in [0.2, 0.25) is 10.0 Å². The first-order chi connectivity index (χ1) is 10.8. The number of sulfonamides is 1. The SMILES string of the molecule is Cc1ccc(S(=O)(=O)NC2CCN([C@H]3CCS(=O)(=O)C3)CC2)s1. The van der Waals surface area contributed by atoms with Crippen molar-refractivity contribution in [3.63, 3.8) is 0 Å². The van der Waals surface area contributed by atoms with E-state index < -0.39 is 19.9 Å². The molecule has 0 aliphatic carbocycles. The fourth-order valence-corrected chi connectivity index (χ4v) is 7.65. The minimum atomic E-state index is -3.44. The van der Waals surface area contributed by atoms with E-state index in [0.717, 1.165) is 30.8 Å². The molecular formula is C14H22N2O4S3. The smallest absolute Gasteiger partial charge is 0.250 e. The number of rotatable bonds is 4. The summed E-state index contributed by atoms with van der Waals surface area (Å²) in [4.78, 5) is 3.17. The van der Waals surface area contributed by atoms with Gasteiger partial charge in [0, 0.05) is 17.0 Å². The maximum absolute atomic E-state index is 12.3. The number of piperidine rings is 1. The van der Waals surface area contributed by atoms with Crippen LogP contribution in [0.2, 0.25) is 0 Å². The van der Waals surface area contributed by atoms with Gasteiger partial charge in [0.15, 0.2) is 9.84 Å². The molecule has 0 amide bonds. The third kappa shape index (κ3) is 4.14. The Balaban J connectivity index is 1.55. The summed E-state index contributed by atoms with van der Waals surface area (Å²) in [6.45, 7) is 3.38. The van der Waals surface area contributed by atoms with E-state index in [4.69, 9.17) is 0 Å². The first-order valence-electron chi connectivity index (χ1n) is 7.78. The molecule has 3 heterocycles. The highest BCUT2D eigenvalue weighted by Crippen LogP contribution is 2.24. The highest BCUT2D eigenvalue weighted by Gasteiger charge is 2.34. The molecular weight excluding hydrogens is 356 g/mol. The summed E-state index contributed by atoms with van der Waals surface area (Å²) in [5.74, 6) is 0.528. The van der Waals surface area contributed by atoms with Gasteiger partial charge in [-0.15, -0.1) is 11.3 Å². The van der Waals surface area contributed by atoms with E-state index in [1.165, 1.54) is 11.3 Å². The first-order valence-corrected chi connectivity index (χ1v) is 11.9. The Bertz CT molecular complexity index is 762. The maximum atomic E-state index is 12.3. The lowest BCUT2D eigenvalue weighted by atomic mass is 10.0. The summed E-state index contributed by atoms with van der Waals surface area (Å²) in [5.41, 5.74) is 0. The van der Waals surface area contributed by atoms with Crippen LogP contribution in [0.25, 0.3) is 0 Å². The van der Waals surface area contributed by atoms with Crippen LogP contribution >= 0.6 is 11.3 Å². The van der Waals surface area contributed by atoms with E-state index in [2.05, 4.69) is 9.62 Å². The number of aryl methyl sites for hydroxylation is 1. The fraction of sp³-hybridized carbons (Fsp3) is 0.714. The van der Waals surface area contributed by atoms with E-state index in [9.17, 15) is 16.8 Å². The molecule has 0 radical (unpaired) electrons. The number of likely N-dealkylation sites (tertiary alicyclic amines) is 1. The normalized spacial score (nSPS) is 26.6. The average Bonchev–Trinajstić information content (AvgIpc) is 3.05. The van der Waals surface area contributed by atoms with Crippen molar-refractivity contribution in [3.05, 3.63) is 17.0 Å². The molecule has 2 fully saturated rings. The number of hydrogen-bond donors (Lipinski definition) is 1. The predicted molar refractivity (Wildman–Crippen MR) is 91.0 cm³/mol. The Morgan fingerprint density at radius 3 is 2.43 bits per heavy atom. The lowest BCUT2D eigenvalue weighted by Crippen LogP contribution is -2.48. The van der Waals surface area contributed by atoms with Crippen molar-refractivity contribution in [1.82, 2.24) is 9.62 Å². The molecule has 0 saturated carbocycles. The van der Waals surface area contributed by atoms with Crippen molar-refractivity contribution >= 4 is 31.2 Å². The number of nitrogens with one attached hydrogen (secondary N) is 1. The highest BCUT2D eigenvalue weighted by molar-refractivity contribution is 7.92. The molecule has 0 spiro atoms. The van der Waals surface area contributed by atoms with Crippen LogP contribution in [0, 0.1) is 6.92 Å². The molecule has 3 rings (SSSR count). The van der Waals surface area contributed by atoms with Crippen molar-refractivity contribution in [1.29, 1.82) is 0 Å². The molecule has 0 bridgehead atoms. The second-order valence-electron chi connectivity index (χ2n) is 6.35. The van der Waals surface area contributed by atoms with Gasteiger partial charge < -0.3 is 0 Å². The topological polar surface area (TPSA) is 83.6 Å². The van der Waals surface area contributed by atoms with Crippen molar-refractivity contribution in [2.45, 2.75) is 42.5 Å². The minimum Gasteiger partial charge on any atom is -0.299 e. The third-order valence-electron chi connectivity index (χ3n) is 4.56. The number of sulfone groups is 1. The summed E-state index contributed by atoms with van der Waals surface area (Å²) in [5, 5.41) is 0. The Hall–Kier alpha value is -0.480. The summed E-state index contributed by atoms with van der Waals surface area (Å²) in [6.07, 6.45) is 2.15. The molecule has 0 aromatic carbocycles. The van der Waals surface area contributed by atoms with Gasteiger partial charge >= 0.3 is 0 Å². The lowest BCUT2D eigenvalue weighted by Gasteiger charge is -2.35. The van der Waals surface area contributed by atoms with Gasteiger partial charge in [-0.05, 0) is 51.4 Å². The monoisotopic (exact) mass is 378 g/mol. The quantitative estimate of drug-likeness (QED) is 0.845. The summed E-state index contributed by atoms with van der Waals surface area (Å²) in [6, 6.07) is 3.48. The molecule has 2 aliphatic heterocycles. The van der Waals surface area contributed by atoms with Gasteiger partial charge in [0.1, 0.15) is 4.21 Å². The van der Waals surface area contributed by atoms with Crippen LogP contribution in [0.3, 0.4) is 0 Å². The van der Waals surface area contributed by atoms with Gasteiger partial charge in [-0.1, -0.05) is 0 Å². The lowest BCUT2D eigenvalue weighted by molar-refractivity contribution is 0.161. The molecule has 2 saturated heterocycles. The maximum Gasteiger partial charge on any atom is 0.250 e. The largest absolute Gasteiger partial charge is 0.299 e. The van der Waals surface area contributed by atoms with E-state index in [-0.39, 0.29) is 23.6 Å². The molecule has 2 aliphatic rings.